The molecule has 1 aliphatic rings. The minimum atomic E-state index is -0.583. The number of nitrogens with two attached hydrogens (primary N) is 1. The second kappa shape index (κ2) is 6.31. The highest BCUT2D eigenvalue weighted by atomic mass is 32.1. The molecule has 0 radical (unpaired) electrons. The normalized spacial score (nSPS) is 15.9. The summed E-state index contributed by atoms with van der Waals surface area (Å²) in [5.41, 5.74) is 6.20. The number of anilines is 2. The highest BCUT2D eigenvalue weighted by Crippen LogP contribution is 2.40. The summed E-state index contributed by atoms with van der Waals surface area (Å²) in [5.74, 6) is -1.16. The molecule has 1 saturated heterocycles. The van der Waals surface area contributed by atoms with Crippen molar-refractivity contribution in [3.63, 3.8) is 0 Å². The Morgan fingerprint density at radius 1 is 1.24 bits per heavy atom. The van der Waals surface area contributed by atoms with E-state index >= 15 is 0 Å². The van der Waals surface area contributed by atoms with Crippen LogP contribution in [0.3, 0.4) is 0 Å². The van der Waals surface area contributed by atoms with E-state index in [4.69, 9.17) is 10.5 Å². The monoisotopic (exact) mass is 314 g/mol. The van der Waals surface area contributed by atoms with Crippen LogP contribution < -0.4 is 10.6 Å². The Morgan fingerprint density at radius 3 is 2.33 bits per heavy atom. The van der Waals surface area contributed by atoms with E-state index < -0.39 is 11.9 Å². The van der Waals surface area contributed by atoms with Crippen LogP contribution in [0.4, 0.5) is 10.7 Å². The van der Waals surface area contributed by atoms with Crippen LogP contribution in [0.5, 0.6) is 0 Å². The summed E-state index contributed by atoms with van der Waals surface area (Å²) in [5, 5.41) is 10.2. The van der Waals surface area contributed by atoms with Crippen molar-refractivity contribution in [3.05, 3.63) is 10.4 Å². The standard InChI is InChI=1S/C13H18N2O5S/c1-19-12(17)8-9(14)10(13(18)20-2)21-11(8)15-5-3-7(16)4-6-15/h7,16H,3-6,14H2,1-2H3. The average Bonchev–Trinajstić information content (AvgIpc) is 2.84. The summed E-state index contributed by atoms with van der Waals surface area (Å²) in [4.78, 5) is 25.8. The number of rotatable bonds is 3. The molecule has 1 aromatic rings. The van der Waals surface area contributed by atoms with Gasteiger partial charge in [-0.3, -0.25) is 0 Å². The maximum Gasteiger partial charge on any atom is 0.350 e. The van der Waals surface area contributed by atoms with Gasteiger partial charge in [0.1, 0.15) is 15.4 Å². The van der Waals surface area contributed by atoms with Crippen molar-refractivity contribution in [2.75, 3.05) is 37.9 Å². The van der Waals surface area contributed by atoms with Crippen LogP contribution in [0.1, 0.15) is 32.9 Å². The van der Waals surface area contributed by atoms with Gasteiger partial charge in [0.2, 0.25) is 0 Å². The summed E-state index contributed by atoms with van der Waals surface area (Å²) in [6.07, 6.45) is 0.873. The molecular weight excluding hydrogens is 296 g/mol. The molecule has 0 aromatic carbocycles. The zero-order chi connectivity index (χ0) is 15.6. The Bertz CT molecular complexity index is 549. The number of nitrogens with zero attached hydrogens (tertiary/aromatic N) is 1. The molecule has 1 fully saturated rings. The van der Waals surface area contributed by atoms with Crippen molar-refractivity contribution in [3.8, 4) is 0 Å². The van der Waals surface area contributed by atoms with Crippen LogP contribution in [0.15, 0.2) is 0 Å². The average molecular weight is 314 g/mol. The van der Waals surface area contributed by atoms with Gasteiger partial charge in [-0.1, -0.05) is 0 Å². The maximum absolute atomic E-state index is 12.0. The van der Waals surface area contributed by atoms with Gasteiger partial charge in [-0.25, -0.2) is 9.59 Å². The fourth-order valence-corrected chi connectivity index (χ4v) is 3.45. The molecule has 0 aliphatic carbocycles. The first-order chi connectivity index (χ1) is 9.99. The fraction of sp³-hybridized carbons (Fsp3) is 0.538. The predicted molar refractivity (Wildman–Crippen MR) is 78.9 cm³/mol. The molecule has 0 unspecified atom stereocenters. The van der Waals surface area contributed by atoms with Gasteiger partial charge in [0.05, 0.1) is 26.0 Å². The first kappa shape index (κ1) is 15.6. The van der Waals surface area contributed by atoms with E-state index in [0.717, 1.165) is 11.3 Å². The Hall–Kier alpha value is -1.80. The molecule has 1 aromatic heterocycles. The van der Waals surface area contributed by atoms with E-state index in [1.165, 1.54) is 14.2 Å². The van der Waals surface area contributed by atoms with Crippen LogP contribution in [0.2, 0.25) is 0 Å². The third-order valence-electron chi connectivity index (χ3n) is 3.44. The summed E-state index contributed by atoms with van der Waals surface area (Å²) >= 11 is 1.11. The lowest BCUT2D eigenvalue weighted by atomic mass is 10.1. The highest BCUT2D eigenvalue weighted by Gasteiger charge is 2.30. The van der Waals surface area contributed by atoms with Crippen molar-refractivity contribution >= 4 is 34.0 Å². The van der Waals surface area contributed by atoms with Crippen LogP contribution >= 0.6 is 11.3 Å². The molecule has 8 heteroatoms. The van der Waals surface area contributed by atoms with Crippen LogP contribution in [0, 0.1) is 0 Å². The van der Waals surface area contributed by atoms with Crippen LogP contribution in [-0.4, -0.2) is 50.5 Å². The van der Waals surface area contributed by atoms with Gasteiger partial charge < -0.3 is 25.2 Å². The lowest BCUT2D eigenvalue weighted by Crippen LogP contribution is -2.36. The molecule has 2 rings (SSSR count). The third kappa shape index (κ3) is 2.96. The first-order valence-corrected chi connectivity index (χ1v) is 7.33. The Balaban J connectivity index is 2.43. The summed E-state index contributed by atoms with van der Waals surface area (Å²) in [6, 6.07) is 0. The highest BCUT2D eigenvalue weighted by molar-refractivity contribution is 7.19. The summed E-state index contributed by atoms with van der Waals surface area (Å²) in [6.45, 7) is 1.18. The van der Waals surface area contributed by atoms with Crippen LogP contribution in [-0.2, 0) is 9.47 Å². The lowest BCUT2D eigenvalue weighted by Gasteiger charge is -2.30. The number of methoxy groups -OCH3 is 2. The second-order valence-corrected chi connectivity index (χ2v) is 5.73. The van der Waals surface area contributed by atoms with E-state index in [-0.39, 0.29) is 22.2 Å². The van der Waals surface area contributed by atoms with Crippen LogP contribution in [0.25, 0.3) is 0 Å². The molecule has 0 amide bonds. The van der Waals surface area contributed by atoms with E-state index in [2.05, 4.69) is 4.74 Å². The molecule has 3 N–H and O–H groups in total. The molecule has 116 valence electrons. The topological polar surface area (TPSA) is 102 Å². The Kier molecular flexibility index (Phi) is 4.69. The van der Waals surface area contributed by atoms with Gasteiger partial charge >= 0.3 is 11.9 Å². The van der Waals surface area contributed by atoms with Gasteiger partial charge in [0, 0.05) is 13.1 Å². The van der Waals surface area contributed by atoms with Gasteiger partial charge in [0.25, 0.3) is 0 Å². The number of ether oxygens (including phenoxy) is 2. The SMILES string of the molecule is COC(=O)c1sc(N2CCC(O)CC2)c(C(=O)OC)c1N. The number of aliphatic hydroxyl groups is 1. The fourth-order valence-electron chi connectivity index (χ4n) is 2.27. The molecule has 0 bridgehead atoms. The van der Waals surface area contributed by atoms with Crippen molar-refractivity contribution in [2.24, 2.45) is 0 Å². The third-order valence-corrected chi connectivity index (χ3v) is 4.68. The number of carbonyl (C=O) groups is 2. The van der Waals surface area contributed by atoms with Crippen molar-refractivity contribution in [1.29, 1.82) is 0 Å². The number of esters is 2. The first-order valence-electron chi connectivity index (χ1n) is 6.51. The van der Waals surface area contributed by atoms with E-state index in [0.29, 0.717) is 30.9 Å². The number of carbonyl (C=O) groups excluding carboxylic acids is 2. The number of hydrogen-bond acceptors (Lipinski definition) is 8. The minimum absolute atomic E-state index is 0.0832. The Morgan fingerprint density at radius 2 is 1.81 bits per heavy atom. The number of aliphatic hydroxyl groups excluding tert-OH is 1. The summed E-state index contributed by atoms with van der Waals surface area (Å²) in [7, 11) is 2.53. The molecule has 0 spiro atoms. The van der Waals surface area contributed by atoms with Crippen molar-refractivity contribution in [1.82, 2.24) is 0 Å². The van der Waals surface area contributed by atoms with Gasteiger partial charge in [0.15, 0.2) is 0 Å². The quantitative estimate of drug-likeness (QED) is 0.798. The van der Waals surface area contributed by atoms with Crippen molar-refractivity contribution < 1.29 is 24.2 Å². The van der Waals surface area contributed by atoms with Gasteiger partial charge in [-0.2, -0.15) is 0 Å². The molecule has 0 saturated carbocycles. The van der Waals surface area contributed by atoms with E-state index in [9.17, 15) is 14.7 Å². The minimum Gasteiger partial charge on any atom is -0.465 e. The number of thiophene rings is 1. The molecule has 1 aliphatic heterocycles. The number of hydrogen-bond donors (Lipinski definition) is 2. The molecule has 2 heterocycles. The molecule has 21 heavy (non-hydrogen) atoms. The second-order valence-electron chi connectivity index (χ2n) is 4.73. The lowest BCUT2D eigenvalue weighted by molar-refractivity contribution is 0.0602. The largest absolute Gasteiger partial charge is 0.465 e. The smallest absolute Gasteiger partial charge is 0.350 e. The zero-order valence-electron chi connectivity index (χ0n) is 11.9. The molecule has 7 nitrogen and oxygen atoms in total. The Labute approximate surface area is 126 Å². The molecular formula is C13H18N2O5S. The number of piperidine rings is 1. The van der Waals surface area contributed by atoms with E-state index in [1.807, 2.05) is 4.90 Å². The van der Waals surface area contributed by atoms with E-state index in [1.54, 1.807) is 0 Å². The number of nitrogen functional groups attached to an aromatic ring is 1. The van der Waals surface area contributed by atoms with Gasteiger partial charge in [-0.15, -0.1) is 11.3 Å². The zero-order valence-corrected chi connectivity index (χ0v) is 12.7. The maximum atomic E-state index is 12.0. The summed E-state index contributed by atoms with van der Waals surface area (Å²) < 4.78 is 9.44. The van der Waals surface area contributed by atoms with Crippen molar-refractivity contribution in [2.45, 2.75) is 18.9 Å². The molecule has 0 atom stereocenters. The predicted octanol–water partition coefficient (Wildman–Crippen LogP) is 0.865. The van der Waals surface area contributed by atoms with Gasteiger partial charge in [-0.05, 0) is 12.8 Å².